The molecule has 35 heavy (non-hydrogen) atoms. The number of aromatic nitrogens is 4. The summed E-state index contributed by atoms with van der Waals surface area (Å²) >= 11 is 6.19. The number of aliphatic hydroxyl groups is 1. The average molecular weight is 496 g/mol. The molecule has 0 spiro atoms. The van der Waals surface area contributed by atoms with Gasteiger partial charge in [-0.1, -0.05) is 47.1 Å². The topological polar surface area (TPSA) is 143 Å². The molecule has 0 aliphatic heterocycles. The van der Waals surface area contributed by atoms with E-state index in [1.165, 1.54) is 16.7 Å². The number of rotatable bonds is 6. The molecule has 0 saturated heterocycles. The van der Waals surface area contributed by atoms with Crippen molar-refractivity contribution in [2.75, 3.05) is 31.8 Å². The number of nitrogens with zero attached hydrogens (tertiary/aromatic N) is 5. The first-order chi connectivity index (χ1) is 16.8. The highest BCUT2D eigenvalue weighted by Gasteiger charge is 2.15. The second kappa shape index (κ2) is 11.9. The summed E-state index contributed by atoms with van der Waals surface area (Å²) in [5, 5.41) is 15.6. The van der Waals surface area contributed by atoms with Gasteiger partial charge in [0.15, 0.2) is 0 Å². The van der Waals surface area contributed by atoms with E-state index in [1.54, 1.807) is 39.2 Å². The molecule has 0 fully saturated rings. The fraction of sp³-hybridized carbons (Fsp3) is 0.208. The molecule has 2 aromatic carbocycles. The lowest BCUT2D eigenvalue weighted by Crippen LogP contribution is -2.21. The molecule has 4 N–H and O–H groups in total. The number of carbonyl (C=O) groups is 1. The van der Waals surface area contributed by atoms with Gasteiger partial charge in [-0.2, -0.15) is 9.97 Å². The van der Waals surface area contributed by atoms with E-state index in [2.05, 4.69) is 25.4 Å². The molecule has 0 aliphatic rings. The van der Waals surface area contributed by atoms with Crippen molar-refractivity contribution in [2.24, 2.45) is 0 Å². The Hall–Kier alpha value is -4.02. The Balaban J connectivity index is 0.000000320. The minimum atomic E-state index is -0.179. The number of aryl methyl sites for hydroxylation is 1. The molecule has 11 heteroatoms. The van der Waals surface area contributed by atoms with Crippen LogP contribution in [0.1, 0.15) is 21.8 Å². The Labute approximate surface area is 207 Å². The molecule has 0 unspecified atom stereocenters. The summed E-state index contributed by atoms with van der Waals surface area (Å²) in [5.41, 5.74) is 8.64. The molecule has 1 amide bonds. The van der Waals surface area contributed by atoms with Crippen LogP contribution >= 0.6 is 11.6 Å². The molecule has 0 atom stereocenters. The van der Waals surface area contributed by atoms with Gasteiger partial charge < -0.3 is 25.6 Å². The Kier molecular flexibility index (Phi) is 8.71. The Morgan fingerprint density at radius 2 is 1.91 bits per heavy atom. The van der Waals surface area contributed by atoms with Crippen LogP contribution in [0.15, 0.2) is 59.3 Å². The van der Waals surface area contributed by atoms with Gasteiger partial charge in [0.1, 0.15) is 5.82 Å². The number of halogens is 1. The zero-order valence-corrected chi connectivity index (χ0v) is 20.3. The lowest BCUT2D eigenvalue weighted by molar-refractivity contribution is 0.0828. The SMILES string of the molecule is Cc1nc(-c2cnc(Nc3ccc(C(=O)N(C)C)c(Cl)c3)nc2N)no1.OCCc1ccccc1. The summed E-state index contributed by atoms with van der Waals surface area (Å²) in [7, 11) is 3.32. The molecule has 0 saturated carbocycles. The number of carbonyl (C=O) groups excluding carboxylic acids is 1. The molecular weight excluding hydrogens is 470 g/mol. The number of aliphatic hydroxyl groups excluding tert-OH is 1. The minimum Gasteiger partial charge on any atom is -0.396 e. The molecule has 0 bridgehead atoms. The molecule has 0 radical (unpaired) electrons. The molecule has 182 valence electrons. The van der Waals surface area contributed by atoms with Crippen molar-refractivity contribution in [3.8, 4) is 11.4 Å². The largest absolute Gasteiger partial charge is 0.396 e. The summed E-state index contributed by atoms with van der Waals surface area (Å²) in [6.45, 7) is 1.92. The van der Waals surface area contributed by atoms with E-state index in [0.29, 0.717) is 33.6 Å². The maximum absolute atomic E-state index is 12.0. The Morgan fingerprint density at radius 1 is 1.17 bits per heavy atom. The van der Waals surface area contributed by atoms with Gasteiger partial charge in [0, 0.05) is 39.5 Å². The van der Waals surface area contributed by atoms with E-state index in [1.807, 2.05) is 30.3 Å². The lowest BCUT2D eigenvalue weighted by atomic mass is 10.2. The van der Waals surface area contributed by atoms with Crippen molar-refractivity contribution in [1.29, 1.82) is 0 Å². The third kappa shape index (κ3) is 6.98. The summed E-state index contributed by atoms with van der Waals surface area (Å²) in [6, 6.07) is 14.9. The quantitative estimate of drug-likeness (QED) is 0.364. The minimum absolute atomic E-state index is 0.179. The molecule has 0 aliphatic carbocycles. The smallest absolute Gasteiger partial charge is 0.254 e. The third-order valence-corrected chi connectivity index (χ3v) is 5.00. The van der Waals surface area contributed by atoms with E-state index in [-0.39, 0.29) is 24.3 Å². The van der Waals surface area contributed by atoms with Crippen LogP contribution in [0.3, 0.4) is 0 Å². The van der Waals surface area contributed by atoms with Gasteiger partial charge >= 0.3 is 0 Å². The number of anilines is 3. The van der Waals surface area contributed by atoms with Crippen molar-refractivity contribution >= 4 is 35.0 Å². The summed E-state index contributed by atoms with van der Waals surface area (Å²) in [6.07, 6.45) is 2.27. The number of hydrogen-bond acceptors (Lipinski definition) is 9. The third-order valence-electron chi connectivity index (χ3n) is 4.69. The number of nitrogen functional groups attached to an aromatic ring is 1. The van der Waals surface area contributed by atoms with E-state index in [4.69, 9.17) is 27.0 Å². The highest BCUT2D eigenvalue weighted by molar-refractivity contribution is 6.34. The zero-order chi connectivity index (χ0) is 25.4. The normalized spacial score (nSPS) is 10.3. The van der Waals surface area contributed by atoms with Gasteiger partial charge in [-0.25, -0.2) is 4.98 Å². The molecule has 2 heterocycles. The highest BCUT2D eigenvalue weighted by atomic mass is 35.5. The molecule has 10 nitrogen and oxygen atoms in total. The van der Waals surface area contributed by atoms with Crippen molar-refractivity contribution < 1.29 is 14.4 Å². The van der Waals surface area contributed by atoms with Crippen LogP contribution in [0, 0.1) is 6.92 Å². The summed E-state index contributed by atoms with van der Waals surface area (Å²) in [4.78, 5) is 25.9. The second-order valence-electron chi connectivity index (χ2n) is 7.61. The van der Waals surface area contributed by atoms with E-state index < -0.39 is 0 Å². The van der Waals surface area contributed by atoms with Crippen LogP contribution in [-0.4, -0.2) is 56.7 Å². The lowest BCUT2D eigenvalue weighted by Gasteiger charge is -2.13. The second-order valence-corrected chi connectivity index (χ2v) is 8.02. The monoisotopic (exact) mass is 495 g/mol. The van der Waals surface area contributed by atoms with Crippen LogP contribution in [0.2, 0.25) is 5.02 Å². The maximum atomic E-state index is 12.0. The zero-order valence-electron chi connectivity index (χ0n) is 19.6. The summed E-state index contributed by atoms with van der Waals surface area (Å²) in [5.74, 6) is 1.04. The van der Waals surface area contributed by atoms with Crippen molar-refractivity contribution in [3.05, 3.63) is 76.8 Å². The van der Waals surface area contributed by atoms with Gasteiger partial charge in [0.05, 0.1) is 16.1 Å². The molecular formula is C24H26ClN7O3. The first-order valence-electron chi connectivity index (χ1n) is 10.6. The van der Waals surface area contributed by atoms with Crippen molar-refractivity contribution in [2.45, 2.75) is 13.3 Å². The predicted molar refractivity (Wildman–Crippen MR) is 134 cm³/mol. The van der Waals surface area contributed by atoms with Gasteiger partial charge in [0.25, 0.3) is 5.91 Å². The van der Waals surface area contributed by atoms with Crippen LogP contribution < -0.4 is 11.1 Å². The maximum Gasteiger partial charge on any atom is 0.254 e. The fourth-order valence-corrected chi connectivity index (χ4v) is 3.21. The predicted octanol–water partition coefficient (Wildman–Crippen LogP) is 3.74. The summed E-state index contributed by atoms with van der Waals surface area (Å²) < 4.78 is 4.93. The van der Waals surface area contributed by atoms with Crippen LogP contribution in [0.25, 0.3) is 11.4 Å². The van der Waals surface area contributed by atoms with Gasteiger partial charge in [-0.15, -0.1) is 0 Å². The first-order valence-corrected chi connectivity index (χ1v) is 11.0. The van der Waals surface area contributed by atoms with Gasteiger partial charge in [0.2, 0.25) is 17.7 Å². The Morgan fingerprint density at radius 3 is 2.49 bits per heavy atom. The van der Waals surface area contributed by atoms with Crippen LogP contribution in [-0.2, 0) is 6.42 Å². The average Bonchev–Trinajstić information content (AvgIpc) is 3.26. The molecule has 2 aromatic heterocycles. The van der Waals surface area contributed by atoms with E-state index in [0.717, 1.165) is 6.42 Å². The van der Waals surface area contributed by atoms with Crippen LogP contribution in [0.5, 0.6) is 0 Å². The van der Waals surface area contributed by atoms with E-state index in [9.17, 15) is 4.79 Å². The number of benzene rings is 2. The Bertz CT molecular complexity index is 1280. The standard InChI is InChI=1S/C16H16ClN7O2.C8H10O/c1-8-20-14(23-26-8)11-7-19-16(22-13(11)18)21-9-4-5-10(12(17)6-9)15(25)24(2)3;9-7-6-8-4-2-1-3-5-8/h4-7H,1-3H3,(H3,18,19,21,22);1-5,9H,6-7H2. The van der Waals surface area contributed by atoms with Crippen molar-refractivity contribution in [3.63, 3.8) is 0 Å². The number of hydrogen-bond donors (Lipinski definition) is 3. The van der Waals surface area contributed by atoms with Crippen LogP contribution in [0.4, 0.5) is 17.5 Å². The van der Waals surface area contributed by atoms with Gasteiger partial charge in [-0.05, 0) is 30.2 Å². The van der Waals surface area contributed by atoms with Crippen molar-refractivity contribution in [1.82, 2.24) is 25.0 Å². The van der Waals surface area contributed by atoms with E-state index >= 15 is 0 Å². The fourth-order valence-electron chi connectivity index (χ4n) is 2.95. The number of nitrogens with one attached hydrogen (secondary N) is 1. The number of amides is 1. The number of nitrogens with two attached hydrogens (primary N) is 1. The first kappa shape index (κ1) is 25.6. The van der Waals surface area contributed by atoms with Gasteiger partial charge in [-0.3, -0.25) is 4.79 Å². The molecule has 4 rings (SSSR count). The molecule has 4 aromatic rings. The highest BCUT2D eigenvalue weighted by Crippen LogP contribution is 2.26.